The van der Waals surface area contributed by atoms with Gasteiger partial charge in [0.05, 0.1) is 0 Å². The van der Waals surface area contributed by atoms with E-state index >= 15 is 0 Å². The van der Waals surface area contributed by atoms with Gasteiger partial charge in [0.1, 0.15) is 5.75 Å². The van der Waals surface area contributed by atoms with Crippen LogP contribution >= 0.6 is 0 Å². The molecular formula is C15H17NO2. The van der Waals surface area contributed by atoms with E-state index in [1.54, 1.807) is 4.90 Å². The van der Waals surface area contributed by atoms with Crippen molar-refractivity contribution in [2.24, 2.45) is 0 Å². The third-order valence-corrected chi connectivity index (χ3v) is 3.54. The number of ether oxygens (including phenoxy) is 1. The van der Waals surface area contributed by atoms with Crippen LogP contribution in [0.15, 0.2) is 36.4 Å². The molecule has 1 saturated carbocycles. The van der Waals surface area contributed by atoms with E-state index in [2.05, 4.69) is 12.6 Å². The molecule has 1 aromatic carbocycles. The summed E-state index contributed by atoms with van der Waals surface area (Å²) >= 11 is 0. The van der Waals surface area contributed by atoms with Crippen molar-refractivity contribution < 1.29 is 9.53 Å². The molecule has 0 bridgehead atoms. The molecule has 1 amide bonds. The maximum absolute atomic E-state index is 12.0. The van der Waals surface area contributed by atoms with Gasteiger partial charge < -0.3 is 9.64 Å². The average molecular weight is 243 g/mol. The van der Waals surface area contributed by atoms with Crippen molar-refractivity contribution in [3.63, 3.8) is 0 Å². The number of benzene rings is 1. The van der Waals surface area contributed by atoms with Crippen molar-refractivity contribution in [1.29, 1.82) is 0 Å². The van der Waals surface area contributed by atoms with Crippen molar-refractivity contribution >= 4 is 6.09 Å². The molecule has 3 heteroatoms. The van der Waals surface area contributed by atoms with E-state index in [4.69, 9.17) is 4.74 Å². The molecule has 0 spiro atoms. The van der Waals surface area contributed by atoms with E-state index < -0.39 is 0 Å². The number of hydrogen-bond acceptors (Lipinski definition) is 2. The smallest absolute Gasteiger partial charge is 0.410 e. The van der Waals surface area contributed by atoms with Crippen molar-refractivity contribution in [2.75, 3.05) is 13.1 Å². The lowest BCUT2D eigenvalue weighted by Crippen LogP contribution is -2.30. The molecule has 1 heterocycles. The highest BCUT2D eigenvalue weighted by molar-refractivity contribution is 5.72. The SMILES string of the molecule is C=C1CCN(C(=O)Oc2ccccc2C2CC2)C1. The van der Waals surface area contributed by atoms with Crippen LogP contribution in [0.25, 0.3) is 0 Å². The van der Waals surface area contributed by atoms with Gasteiger partial charge in [-0.1, -0.05) is 30.4 Å². The van der Waals surface area contributed by atoms with Crippen LogP contribution in [-0.4, -0.2) is 24.1 Å². The lowest BCUT2D eigenvalue weighted by Gasteiger charge is -2.16. The van der Waals surface area contributed by atoms with Crippen LogP contribution < -0.4 is 4.74 Å². The minimum atomic E-state index is -0.248. The van der Waals surface area contributed by atoms with E-state index in [0.29, 0.717) is 12.5 Å². The molecule has 0 radical (unpaired) electrons. The summed E-state index contributed by atoms with van der Waals surface area (Å²) in [6, 6.07) is 7.86. The number of carbonyl (C=O) groups is 1. The van der Waals surface area contributed by atoms with Crippen LogP contribution in [0.1, 0.15) is 30.7 Å². The highest BCUT2D eigenvalue weighted by atomic mass is 16.6. The zero-order chi connectivity index (χ0) is 12.5. The first-order chi connectivity index (χ1) is 8.74. The second-order valence-corrected chi connectivity index (χ2v) is 5.10. The summed E-state index contributed by atoms with van der Waals surface area (Å²) in [5, 5.41) is 0. The first-order valence-corrected chi connectivity index (χ1v) is 6.46. The fourth-order valence-electron chi connectivity index (χ4n) is 2.34. The van der Waals surface area contributed by atoms with Gasteiger partial charge in [0.2, 0.25) is 0 Å². The number of para-hydroxylation sites is 1. The second-order valence-electron chi connectivity index (χ2n) is 5.10. The van der Waals surface area contributed by atoms with E-state index in [0.717, 1.165) is 24.3 Å². The van der Waals surface area contributed by atoms with Crippen molar-refractivity contribution in [3.8, 4) is 5.75 Å². The number of hydrogen-bond donors (Lipinski definition) is 0. The number of rotatable bonds is 2. The Morgan fingerprint density at radius 1 is 1.33 bits per heavy atom. The fraction of sp³-hybridized carbons (Fsp3) is 0.400. The second kappa shape index (κ2) is 4.48. The van der Waals surface area contributed by atoms with Crippen LogP contribution in [0.4, 0.5) is 4.79 Å². The maximum Gasteiger partial charge on any atom is 0.415 e. The number of likely N-dealkylation sites (tertiary alicyclic amines) is 1. The predicted molar refractivity (Wildman–Crippen MR) is 69.8 cm³/mol. The van der Waals surface area contributed by atoms with Crippen LogP contribution in [-0.2, 0) is 0 Å². The van der Waals surface area contributed by atoms with Crippen LogP contribution in [0.3, 0.4) is 0 Å². The van der Waals surface area contributed by atoms with Crippen LogP contribution in [0, 0.1) is 0 Å². The first-order valence-electron chi connectivity index (χ1n) is 6.46. The average Bonchev–Trinajstić information content (AvgIpc) is 3.12. The molecule has 18 heavy (non-hydrogen) atoms. The molecule has 1 aliphatic heterocycles. The third kappa shape index (κ3) is 2.26. The summed E-state index contributed by atoms with van der Waals surface area (Å²) < 4.78 is 5.52. The summed E-state index contributed by atoms with van der Waals surface area (Å²) in [5.74, 6) is 1.31. The van der Waals surface area contributed by atoms with Gasteiger partial charge in [-0.3, -0.25) is 0 Å². The lowest BCUT2D eigenvalue weighted by atomic mass is 10.1. The minimum absolute atomic E-state index is 0.248. The molecular weight excluding hydrogens is 226 g/mol. The first kappa shape index (κ1) is 11.3. The Balaban J connectivity index is 1.72. The molecule has 2 aliphatic rings. The molecule has 1 aliphatic carbocycles. The Morgan fingerprint density at radius 2 is 2.11 bits per heavy atom. The van der Waals surface area contributed by atoms with Gasteiger partial charge in [-0.2, -0.15) is 0 Å². The molecule has 0 aromatic heterocycles. The Labute approximate surface area is 107 Å². The fourth-order valence-corrected chi connectivity index (χ4v) is 2.34. The molecule has 0 N–H and O–H groups in total. The Bertz CT molecular complexity index is 491. The standard InChI is InChI=1S/C15H17NO2/c1-11-8-9-16(10-11)15(17)18-14-5-3-2-4-13(14)12-6-7-12/h2-5,12H,1,6-10H2. The van der Waals surface area contributed by atoms with Gasteiger partial charge in [-0.15, -0.1) is 0 Å². The van der Waals surface area contributed by atoms with Gasteiger partial charge in [0, 0.05) is 13.1 Å². The lowest BCUT2D eigenvalue weighted by molar-refractivity contribution is 0.163. The van der Waals surface area contributed by atoms with Crippen molar-refractivity contribution in [3.05, 3.63) is 42.0 Å². The van der Waals surface area contributed by atoms with Gasteiger partial charge >= 0.3 is 6.09 Å². The molecule has 1 saturated heterocycles. The van der Waals surface area contributed by atoms with Gasteiger partial charge in [-0.05, 0) is 36.8 Å². The number of nitrogens with zero attached hydrogens (tertiary/aromatic N) is 1. The number of amides is 1. The highest BCUT2D eigenvalue weighted by Gasteiger charge is 2.28. The zero-order valence-electron chi connectivity index (χ0n) is 10.4. The normalized spacial score (nSPS) is 19.1. The highest BCUT2D eigenvalue weighted by Crippen LogP contribution is 2.44. The molecule has 94 valence electrons. The van der Waals surface area contributed by atoms with Crippen molar-refractivity contribution in [1.82, 2.24) is 4.90 Å². The quantitative estimate of drug-likeness (QED) is 0.746. The summed E-state index contributed by atoms with van der Waals surface area (Å²) in [6.07, 6.45) is 3.05. The van der Waals surface area contributed by atoms with Crippen LogP contribution in [0.2, 0.25) is 0 Å². The predicted octanol–water partition coefficient (Wildman–Crippen LogP) is 3.32. The Morgan fingerprint density at radius 3 is 2.78 bits per heavy atom. The molecule has 3 rings (SSSR count). The van der Waals surface area contributed by atoms with E-state index in [9.17, 15) is 4.79 Å². The minimum Gasteiger partial charge on any atom is -0.410 e. The van der Waals surface area contributed by atoms with E-state index in [1.165, 1.54) is 18.4 Å². The molecule has 0 atom stereocenters. The van der Waals surface area contributed by atoms with Gasteiger partial charge in [0.15, 0.2) is 0 Å². The monoisotopic (exact) mass is 243 g/mol. The third-order valence-electron chi connectivity index (χ3n) is 3.54. The Kier molecular flexibility index (Phi) is 2.82. The largest absolute Gasteiger partial charge is 0.415 e. The summed E-state index contributed by atoms with van der Waals surface area (Å²) in [7, 11) is 0. The van der Waals surface area contributed by atoms with E-state index in [-0.39, 0.29) is 6.09 Å². The zero-order valence-corrected chi connectivity index (χ0v) is 10.4. The molecule has 0 unspecified atom stereocenters. The number of carbonyl (C=O) groups excluding carboxylic acids is 1. The summed E-state index contributed by atoms with van der Waals surface area (Å²) in [6.45, 7) is 5.26. The maximum atomic E-state index is 12.0. The molecule has 1 aromatic rings. The topological polar surface area (TPSA) is 29.5 Å². The van der Waals surface area contributed by atoms with Gasteiger partial charge in [-0.25, -0.2) is 4.79 Å². The van der Waals surface area contributed by atoms with Crippen molar-refractivity contribution in [2.45, 2.75) is 25.2 Å². The Hall–Kier alpha value is -1.77. The van der Waals surface area contributed by atoms with Crippen LogP contribution in [0.5, 0.6) is 5.75 Å². The summed E-state index contributed by atoms with van der Waals surface area (Å²) in [5.41, 5.74) is 2.27. The molecule has 3 nitrogen and oxygen atoms in total. The van der Waals surface area contributed by atoms with E-state index in [1.807, 2.05) is 18.2 Å². The molecule has 2 fully saturated rings. The van der Waals surface area contributed by atoms with Gasteiger partial charge in [0.25, 0.3) is 0 Å². The summed E-state index contributed by atoms with van der Waals surface area (Å²) in [4.78, 5) is 13.7.